The molecule has 0 bridgehead atoms. The van der Waals surface area contributed by atoms with E-state index < -0.39 is 11.7 Å². The van der Waals surface area contributed by atoms with Gasteiger partial charge in [0, 0.05) is 33.2 Å². The van der Waals surface area contributed by atoms with E-state index >= 15 is 0 Å². The van der Waals surface area contributed by atoms with E-state index in [1.165, 1.54) is 56.6 Å². The van der Waals surface area contributed by atoms with Crippen LogP contribution < -0.4 is 0 Å². The zero-order chi connectivity index (χ0) is 45.1. The zero-order valence-electron chi connectivity index (χ0n) is 37.0. The molecule has 2 heterocycles. The van der Waals surface area contributed by atoms with Crippen LogP contribution in [0.25, 0.3) is 95.0 Å². The summed E-state index contributed by atoms with van der Waals surface area (Å²) < 4.78 is 46.9. The third kappa shape index (κ3) is 7.57. The summed E-state index contributed by atoms with van der Waals surface area (Å²) in [5.74, 6) is 1.08. The number of benzene rings is 8. The van der Waals surface area contributed by atoms with Crippen molar-refractivity contribution < 1.29 is 13.2 Å². The van der Waals surface area contributed by atoms with Crippen molar-refractivity contribution in [3.8, 4) is 73.2 Å². The zero-order valence-corrected chi connectivity index (χ0v) is 37.0. The van der Waals surface area contributed by atoms with Crippen molar-refractivity contribution in [2.75, 3.05) is 0 Å². The number of aryl methyl sites for hydroxylation is 6. The van der Waals surface area contributed by atoms with E-state index in [0.29, 0.717) is 22.8 Å². The number of nitrogens with zero attached hydrogens (tertiary/aromatic N) is 4. The van der Waals surface area contributed by atoms with E-state index in [2.05, 4.69) is 107 Å². The lowest BCUT2D eigenvalue weighted by Gasteiger charge is -2.18. The Balaban J connectivity index is 1.28. The summed E-state index contributed by atoms with van der Waals surface area (Å²) in [6.07, 6.45) is -4.61. The molecule has 2 aromatic heterocycles. The van der Waals surface area contributed by atoms with E-state index in [0.717, 1.165) is 55.8 Å². The third-order valence-electron chi connectivity index (χ3n) is 12.4. The molecule has 0 saturated carbocycles. The number of hydrogen-bond acceptors (Lipinski definition) is 3. The Morgan fingerprint density at radius 2 is 0.831 bits per heavy atom. The molecule has 0 atom stereocenters. The minimum Gasteiger partial charge on any atom is -0.309 e. The van der Waals surface area contributed by atoms with Crippen molar-refractivity contribution in [3.05, 3.63) is 203 Å². The van der Waals surface area contributed by atoms with Gasteiger partial charge in [-0.2, -0.15) is 13.2 Å². The Bertz CT molecular complexity index is 3260. The van der Waals surface area contributed by atoms with Gasteiger partial charge in [0.2, 0.25) is 0 Å². The lowest BCUT2D eigenvalue weighted by atomic mass is 9.91. The van der Waals surface area contributed by atoms with Crippen molar-refractivity contribution in [1.29, 1.82) is 0 Å². The van der Waals surface area contributed by atoms with Gasteiger partial charge in [-0.25, -0.2) is 15.0 Å². The second-order valence-corrected chi connectivity index (χ2v) is 17.2. The first-order valence-corrected chi connectivity index (χ1v) is 21.8. The van der Waals surface area contributed by atoms with Crippen molar-refractivity contribution in [1.82, 2.24) is 19.5 Å². The highest BCUT2D eigenvalue weighted by Gasteiger charge is 2.34. The molecule has 0 spiro atoms. The van der Waals surface area contributed by atoms with Gasteiger partial charge in [-0.3, -0.25) is 0 Å². The Morgan fingerprint density at radius 1 is 0.385 bits per heavy atom. The van der Waals surface area contributed by atoms with Crippen LogP contribution in [-0.4, -0.2) is 19.5 Å². The van der Waals surface area contributed by atoms with Gasteiger partial charge in [0.1, 0.15) is 0 Å². The van der Waals surface area contributed by atoms with Crippen LogP contribution in [-0.2, 0) is 6.18 Å². The fourth-order valence-corrected chi connectivity index (χ4v) is 9.87. The molecule has 0 amide bonds. The second kappa shape index (κ2) is 16.2. The molecule has 4 nitrogen and oxygen atoms in total. The van der Waals surface area contributed by atoms with Crippen molar-refractivity contribution in [2.45, 2.75) is 47.7 Å². The monoisotopic (exact) mass is 854 g/mol. The van der Waals surface area contributed by atoms with Crippen LogP contribution >= 0.6 is 0 Å². The van der Waals surface area contributed by atoms with Crippen LogP contribution in [0, 0.1) is 41.5 Å². The summed E-state index contributed by atoms with van der Waals surface area (Å²) in [4.78, 5) is 15.0. The van der Waals surface area contributed by atoms with Gasteiger partial charge in [-0.05, 0) is 140 Å². The quantitative estimate of drug-likeness (QED) is 0.160. The highest BCUT2D eigenvalue weighted by atomic mass is 19.4. The Labute approximate surface area is 376 Å². The van der Waals surface area contributed by atoms with Crippen molar-refractivity contribution in [3.63, 3.8) is 0 Å². The molecule has 318 valence electrons. The molecule has 65 heavy (non-hydrogen) atoms. The van der Waals surface area contributed by atoms with Gasteiger partial charge < -0.3 is 4.57 Å². The molecule has 8 aromatic carbocycles. The first-order chi connectivity index (χ1) is 31.3. The SMILES string of the molecule is Cc1cc(C)c(-c2ccc3c(c2)c2cc(-c4c(C)cc(C)cc4C)ccc2n3-c2ccc(-c3ccccc3C(F)(F)F)c(-c3nc(-c4ccccc4)nc(-c4ccccc4)n3)c2)c(C)c1. The molecule has 0 aliphatic rings. The van der Waals surface area contributed by atoms with E-state index in [9.17, 15) is 13.2 Å². The smallest absolute Gasteiger partial charge is 0.309 e. The van der Waals surface area contributed by atoms with Crippen LogP contribution in [0.5, 0.6) is 0 Å². The number of rotatable bonds is 7. The fraction of sp³-hybridized carbons (Fsp3) is 0.121. The molecule has 10 aromatic rings. The van der Waals surface area contributed by atoms with Crippen LogP contribution in [0.15, 0.2) is 164 Å². The maximum absolute atomic E-state index is 14.9. The second-order valence-electron chi connectivity index (χ2n) is 17.2. The summed E-state index contributed by atoms with van der Waals surface area (Å²) in [7, 11) is 0. The van der Waals surface area contributed by atoms with E-state index in [1.807, 2.05) is 72.8 Å². The standard InChI is InChI=1S/C58H45F3N4/c1-34-27-36(3)53(37(4)28-34)42-21-25-51-47(31-42)48-32-43(54-38(5)29-35(2)30-39(54)6)22-26-52(48)65(51)44-23-24-45(46-19-13-14-20-50(46)58(59,60)61)49(33-44)57-63-55(40-15-9-7-10-16-40)62-56(64-57)41-17-11-8-12-18-41/h7-33H,1-6H3. The minimum absolute atomic E-state index is 0.0358. The average Bonchev–Trinajstić information content (AvgIpc) is 3.61. The van der Waals surface area contributed by atoms with Gasteiger partial charge in [0.25, 0.3) is 0 Å². The maximum atomic E-state index is 14.9. The Morgan fingerprint density at radius 3 is 1.31 bits per heavy atom. The van der Waals surface area contributed by atoms with Crippen LogP contribution in [0.3, 0.4) is 0 Å². The normalized spacial score (nSPS) is 11.8. The minimum atomic E-state index is -4.61. The molecular formula is C58H45F3N4. The van der Waals surface area contributed by atoms with Gasteiger partial charge in [0.15, 0.2) is 17.5 Å². The van der Waals surface area contributed by atoms with Gasteiger partial charge in [-0.1, -0.05) is 132 Å². The molecule has 10 rings (SSSR count). The van der Waals surface area contributed by atoms with Gasteiger partial charge in [0.05, 0.1) is 16.6 Å². The predicted molar refractivity (Wildman–Crippen MR) is 260 cm³/mol. The predicted octanol–water partition coefficient (Wildman–Crippen LogP) is 15.8. The van der Waals surface area contributed by atoms with Crippen molar-refractivity contribution >= 4 is 21.8 Å². The summed E-state index contributed by atoms with van der Waals surface area (Å²) in [6.45, 7) is 12.9. The largest absolute Gasteiger partial charge is 0.417 e. The summed E-state index contributed by atoms with van der Waals surface area (Å²) >= 11 is 0. The molecule has 0 saturated heterocycles. The van der Waals surface area contributed by atoms with Crippen LogP contribution in [0.4, 0.5) is 13.2 Å². The molecular weight excluding hydrogens is 810 g/mol. The lowest BCUT2D eigenvalue weighted by molar-refractivity contribution is -0.137. The Hall–Kier alpha value is -7.64. The fourth-order valence-electron chi connectivity index (χ4n) is 9.87. The van der Waals surface area contributed by atoms with E-state index in [-0.39, 0.29) is 11.4 Å². The summed E-state index contributed by atoms with van der Waals surface area (Å²) in [5, 5.41) is 2.12. The summed E-state index contributed by atoms with van der Waals surface area (Å²) in [6, 6.07) is 52.7. The van der Waals surface area contributed by atoms with E-state index in [1.54, 1.807) is 12.1 Å². The molecule has 0 fully saturated rings. The molecule has 0 unspecified atom stereocenters. The summed E-state index contributed by atoms with van der Waals surface area (Å²) in [5.41, 5.74) is 16.2. The molecule has 0 N–H and O–H groups in total. The van der Waals surface area contributed by atoms with Crippen LogP contribution in [0.2, 0.25) is 0 Å². The highest BCUT2D eigenvalue weighted by molar-refractivity contribution is 6.12. The third-order valence-corrected chi connectivity index (χ3v) is 12.4. The average molecular weight is 855 g/mol. The first kappa shape index (κ1) is 41.4. The lowest BCUT2D eigenvalue weighted by Crippen LogP contribution is -2.08. The number of fused-ring (bicyclic) bond motifs is 3. The highest BCUT2D eigenvalue weighted by Crippen LogP contribution is 2.44. The molecule has 0 aliphatic carbocycles. The number of alkyl halides is 3. The first-order valence-electron chi connectivity index (χ1n) is 21.8. The maximum Gasteiger partial charge on any atom is 0.417 e. The molecule has 7 heteroatoms. The van der Waals surface area contributed by atoms with E-state index in [4.69, 9.17) is 15.0 Å². The topological polar surface area (TPSA) is 43.6 Å². The number of aromatic nitrogens is 4. The number of hydrogen-bond donors (Lipinski definition) is 0. The van der Waals surface area contributed by atoms with Gasteiger partial charge >= 0.3 is 6.18 Å². The molecule has 0 radical (unpaired) electrons. The van der Waals surface area contributed by atoms with Gasteiger partial charge in [-0.15, -0.1) is 0 Å². The molecule has 0 aliphatic heterocycles. The number of halogens is 3. The van der Waals surface area contributed by atoms with Crippen LogP contribution in [0.1, 0.15) is 38.9 Å². The Kier molecular flexibility index (Phi) is 10.3. The van der Waals surface area contributed by atoms with Crippen molar-refractivity contribution in [2.24, 2.45) is 0 Å².